The normalized spacial score (nSPS) is 14.4. The van der Waals surface area contributed by atoms with Crippen molar-refractivity contribution >= 4 is 5.91 Å². The van der Waals surface area contributed by atoms with Gasteiger partial charge in [-0.3, -0.25) is 4.79 Å². The van der Waals surface area contributed by atoms with E-state index in [2.05, 4.69) is 5.32 Å². The fraction of sp³-hybridized carbons (Fsp3) is 0.900. The summed E-state index contributed by atoms with van der Waals surface area (Å²) < 4.78 is 0. The zero-order chi connectivity index (χ0) is 10.6. The number of nitrogens with one attached hydrogen (secondary N) is 1. The van der Waals surface area contributed by atoms with Gasteiger partial charge < -0.3 is 10.4 Å². The molecule has 0 saturated heterocycles. The van der Waals surface area contributed by atoms with Gasteiger partial charge in [0.2, 0.25) is 5.91 Å². The van der Waals surface area contributed by atoms with Crippen LogP contribution in [0.2, 0.25) is 0 Å². The molecule has 78 valence electrons. The second-order valence-electron chi connectivity index (χ2n) is 4.76. The summed E-state index contributed by atoms with van der Waals surface area (Å²) in [5.41, 5.74) is -0.387. The summed E-state index contributed by atoms with van der Waals surface area (Å²) in [5.74, 6) is 0.247. The molecule has 0 bridgehead atoms. The molecule has 0 radical (unpaired) electrons. The number of hydrogen-bond donors (Lipinski definition) is 2. The minimum absolute atomic E-state index is 0.000509. The molecule has 13 heavy (non-hydrogen) atoms. The highest BCUT2D eigenvalue weighted by molar-refractivity contribution is 5.81. The van der Waals surface area contributed by atoms with Gasteiger partial charge in [-0.05, 0) is 5.92 Å². The Bertz CT molecular complexity index is 170. The molecule has 0 rings (SSSR count). The first-order valence-corrected chi connectivity index (χ1v) is 4.71. The van der Waals surface area contributed by atoms with Crippen LogP contribution >= 0.6 is 0 Å². The smallest absolute Gasteiger partial charge is 0.225 e. The average Bonchev–Trinajstić information content (AvgIpc) is 1.96. The predicted octanol–water partition coefficient (Wildman–Crippen LogP) is 1.17. The first-order chi connectivity index (χ1) is 5.79. The van der Waals surface area contributed by atoms with Gasteiger partial charge in [0.1, 0.15) is 0 Å². The minimum Gasteiger partial charge on any atom is -0.394 e. The van der Waals surface area contributed by atoms with Gasteiger partial charge in [0.05, 0.1) is 12.6 Å². The Hall–Kier alpha value is -0.570. The van der Waals surface area contributed by atoms with Gasteiger partial charge in [0, 0.05) is 5.41 Å². The largest absolute Gasteiger partial charge is 0.394 e. The molecule has 1 atom stereocenters. The molecule has 0 aliphatic carbocycles. The number of rotatable bonds is 3. The summed E-state index contributed by atoms with van der Waals surface area (Å²) in [4.78, 5) is 11.5. The van der Waals surface area contributed by atoms with Gasteiger partial charge in [0.15, 0.2) is 0 Å². The van der Waals surface area contributed by atoms with Crippen molar-refractivity contribution in [2.45, 2.75) is 40.7 Å². The van der Waals surface area contributed by atoms with Gasteiger partial charge in [0.25, 0.3) is 0 Å². The highest BCUT2D eigenvalue weighted by Gasteiger charge is 2.24. The van der Waals surface area contributed by atoms with Crippen molar-refractivity contribution in [2.24, 2.45) is 11.3 Å². The maximum absolute atomic E-state index is 11.5. The third kappa shape index (κ3) is 4.27. The number of aliphatic hydroxyl groups is 1. The van der Waals surface area contributed by atoms with Crippen LogP contribution < -0.4 is 5.32 Å². The lowest BCUT2D eigenvalue weighted by molar-refractivity contribution is -0.129. The van der Waals surface area contributed by atoms with E-state index in [1.54, 1.807) is 0 Å². The maximum atomic E-state index is 11.5. The molecule has 1 unspecified atom stereocenters. The van der Waals surface area contributed by atoms with E-state index < -0.39 is 0 Å². The molecule has 3 heteroatoms. The molecule has 0 aromatic rings. The zero-order valence-electron chi connectivity index (χ0n) is 9.22. The van der Waals surface area contributed by atoms with Crippen molar-refractivity contribution in [3.63, 3.8) is 0 Å². The third-order valence-corrected chi connectivity index (χ3v) is 2.00. The molecule has 1 amide bonds. The Labute approximate surface area is 80.5 Å². The SMILES string of the molecule is CC(C)C(CO)NC(=O)C(C)(C)C. The predicted molar refractivity (Wildman–Crippen MR) is 53.3 cm³/mol. The van der Waals surface area contributed by atoms with E-state index in [-0.39, 0.29) is 29.9 Å². The van der Waals surface area contributed by atoms with Crippen LogP contribution in [0.3, 0.4) is 0 Å². The van der Waals surface area contributed by atoms with Gasteiger partial charge in [-0.25, -0.2) is 0 Å². The van der Waals surface area contributed by atoms with E-state index in [9.17, 15) is 4.79 Å². The van der Waals surface area contributed by atoms with Gasteiger partial charge in [-0.1, -0.05) is 34.6 Å². The van der Waals surface area contributed by atoms with Crippen LogP contribution in [-0.2, 0) is 4.79 Å². The molecular weight excluding hydrogens is 166 g/mol. The van der Waals surface area contributed by atoms with Crippen LogP contribution in [-0.4, -0.2) is 23.7 Å². The molecule has 0 aromatic heterocycles. The van der Waals surface area contributed by atoms with Crippen LogP contribution in [0.5, 0.6) is 0 Å². The average molecular weight is 187 g/mol. The van der Waals surface area contributed by atoms with Crippen molar-refractivity contribution in [1.29, 1.82) is 0 Å². The number of hydrogen-bond acceptors (Lipinski definition) is 2. The molecule has 0 heterocycles. The van der Waals surface area contributed by atoms with E-state index >= 15 is 0 Å². The van der Waals surface area contributed by atoms with E-state index in [0.29, 0.717) is 0 Å². The lowest BCUT2D eigenvalue weighted by Gasteiger charge is -2.25. The summed E-state index contributed by atoms with van der Waals surface area (Å²) in [6.45, 7) is 9.53. The molecular formula is C10H21NO2. The molecule has 0 aliphatic rings. The second kappa shape index (κ2) is 4.61. The molecule has 0 spiro atoms. The zero-order valence-corrected chi connectivity index (χ0v) is 9.22. The van der Waals surface area contributed by atoms with Crippen molar-refractivity contribution < 1.29 is 9.90 Å². The van der Waals surface area contributed by atoms with Crippen LogP contribution in [0.1, 0.15) is 34.6 Å². The number of amides is 1. The molecule has 0 aliphatic heterocycles. The molecule has 3 nitrogen and oxygen atoms in total. The van der Waals surface area contributed by atoms with Gasteiger partial charge in [-0.15, -0.1) is 0 Å². The number of aliphatic hydroxyl groups excluding tert-OH is 1. The van der Waals surface area contributed by atoms with Gasteiger partial charge in [-0.2, -0.15) is 0 Å². The van der Waals surface area contributed by atoms with Crippen LogP contribution in [0, 0.1) is 11.3 Å². The van der Waals surface area contributed by atoms with E-state index in [1.807, 2.05) is 34.6 Å². The first-order valence-electron chi connectivity index (χ1n) is 4.71. The third-order valence-electron chi connectivity index (χ3n) is 2.00. The summed E-state index contributed by atoms with van der Waals surface area (Å²) in [5, 5.41) is 11.8. The van der Waals surface area contributed by atoms with Crippen LogP contribution in [0.4, 0.5) is 0 Å². The molecule has 2 N–H and O–H groups in total. The van der Waals surface area contributed by atoms with Crippen LogP contribution in [0.15, 0.2) is 0 Å². The van der Waals surface area contributed by atoms with Crippen molar-refractivity contribution in [3.05, 3.63) is 0 Å². The molecule has 0 fully saturated rings. The Morgan fingerprint density at radius 2 is 1.85 bits per heavy atom. The Morgan fingerprint density at radius 1 is 1.38 bits per heavy atom. The highest BCUT2D eigenvalue weighted by Crippen LogP contribution is 2.14. The quantitative estimate of drug-likeness (QED) is 0.696. The summed E-state index contributed by atoms with van der Waals surface area (Å²) >= 11 is 0. The highest BCUT2D eigenvalue weighted by atomic mass is 16.3. The van der Waals surface area contributed by atoms with Gasteiger partial charge >= 0.3 is 0 Å². The lowest BCUT2D eigenvalue weighted by atomic mass is 9.94. The first kappa shape index (κ1) is 12.4. The molecule has 0 aromatic carbocycles. The van der Waals surface area contributed by atoms with Crippen molar-refractivity contribution in [1.82, 2.24) is 5.32 Å². The lowest BCUT2D eigenvalue weighted by Crippen LogP contribution is -2.46. The van der Waals surface area contributed by atoms with Crippen molar-refractivity contribution in [3.8, 4) is 0 Å². The fourth-order valence-electron chi connectivity index (χ4n) is 0.808. The van der Waals surface area contributed by atoms with E-state index in [4.69, 9.17) is 5.11 Å². The van der Waals surface area contributed by atoms with E-state index in [1.165, 1.54) is 0 Å². The summed E-state index contributed by atoms with van der Waals surface area (Å²) in [7, 11) is 0. The summed E-state index contributed by atoms with van der Waals surface area (Å²) in [6, 6.07) is -0.133. The van der Waals surface area contributed by atoms with Crippen molar-refractivity contribution in [2.75, 3.05) is 6.61 Å². The Kier molecular flexibility index (Phi) is 4.40. The van der Waals surface area contributed by atoms with Crippen LogP contribution in [0.25, 0.3) is 0 Å². The molecule has 0 saturated carbocycles. The maximum Gasteiger partial charge on any atom is 0.225 e. The minimum atomic E-state index is -0.387. The summed E-state index contributed by atoms with van der Waals surface area (Å²) in [6.07, 6.45) is 0. The standard InChI is InChI=1S/C10H21NO2/c1-7(2)8(6-12)11-9(13)10(3,4)5/h7-8,12H,6H2,1-5H3,(H,11,13). The van der Waals surface area contributed by atoms with E-state index in [0.717, 1.165) is 0 Å². The number of carbonyl (C=O) groups excluding carboxylic acids is 1. The number of carbonyl (C=O) groups is 1. The fourth-order valence-corrected chi connectivity index (χ4v) is 0.808. The second-order valence-corrected chi connectivity index (χ2v) is 4.76. The Morgan fingerprint density at radius 3 is 2.08 bits per heavy atom. The Balaban J connectivity index is 4.18. The monoisotopic (exact) mass is 187 g/mol. The topological polar surface area (TPSA) is 49.3 Å².